The van der Waals surface area contributed by atoms with E-state index < -0.39 is 21.8 Å². The van der Waals surface area contributed by atoms with Crippen LogP contribution in [0, 0.1) is 0 Å². The molecular formula is C10H16F3N5O2S. The summed E-state index contributed by atoms with van der Waals surface area (Å²) >= 11 is 0. The maximum Gasteiger partial charge on any atom is 0.416 e. The Labute approximate surface area is 120 Å². The molecule has 0 aliphatic rings. The number of aromatic nitrogens is 1. The summed E-state index contributed by atoms with van der Waals surface area (Å²) in [7, 11) is -3.46. The highest BCUT2D eigenvalue weighted by atomic mass is 32.2. The second-order valence-corrected chi connectivity index (χ2v) is 5.94. The first-order valence-electron chi connectivity index (χ1n) is 5.95. The predicted molar refractivity (Wildman–Crippen MR) is 73.0 cm³/mol. The number of hydrazine groups is 1. The molecule has 0 aromatic carbocycles. The number of hydrogen-bond donors (Lipinski definition) is 4. The number of rotatable bonds is 7. The van der Waals surface area contributed by atoms with Gasteiger partial charge in [0.25, 0.3) is 0 Å². The molecule has 0 fully saturated rings. The van der Waals surface area contributed by atoms with Crippen LogP contribution in [0.15, 0.2) is 12.1 Å². The summed E-state index contributed by atoms with van der Waals surface area (Å²) in [5, 5.41) is 2.52. The molecule has 0 atom stereocenters. The summed E-state index contributed by atoms with van der Waals surface area (Å²) in [6.45, 7) is 1.78. The van der Waals surface area contributed by atoms with E-state index in [2.05, 4.69) is 15.0 Å². The van der Waals surface area contributed by atoms with E-state index in [1.165, 1.54) is 0 Å². The highest BCUT2D eigenvalue weighted by molar-refractivity contribution is 7.89. The molecule has 0 unspecified atom stereocenters. The fourth-order valence-electron chi connectivity index (χ4n) is 1.46. The van der Waals surface area contributed by atoms with Crippen molar-refractivity contribution in [3.8, 4) is 0 Å². The van der Waals surface area contributed by atoms with Crippen LogP contribution < -0.4 is 21.3 Å². The van der Waals surface area contributed by atoms with E-state index in [1.807, 2.05) is 5.43 Å². The van der Waals surface area contributed by atoms with Gasteiger partial charge in [0.05, 0.1) is 11.3 Å². The van der Waals surface area contributed by atoms with Crippen molar-refractivity contribution in [2.75, 3.05) is 29.6 Å². The smallest absolute Gasteiger partial charge is 0.369 e. The van der Waals surface area contributed by atoms with E-state index in [9.17, 15) is 21.6 Å². The first-order valence-corrected chi connectivity index (χ1v) is 7.60. The lowest BCUT2D eigenvalue weighted by atomic mass is 10.2. The zero-order valence-corrected chi connectivity index (χ0v) is 12.0. The fraction of sp³-hybridized carbons (Fsp3) is 0.500. The average Bonchev–Trinajstić information content (AvgIpc) is 2.37. The van der Waals surface area contributed by atoms with Crippen LogP contribution in [-0.2, 0) is 16.2 Å². The number of anilines is 2. The van der Waals surface area contributed by atoms with Crippen LogP contribution >= 0.6 is 0 Å². The molecule has 0 amide bonds. The fourth-order valence-corrected chi connectivity index (χ4v) is 2.42. The minimum atomic E-state index is -4.55. The Morgan fingerprint density at radius 3 is 2.43 bits per heavy atom. The highest BCUT2D eigenvalue weighted by Crippen LogP contribution is 2.31. The third-order valence-electron chi connectivity index (χ3n) is 2.34. The van der Waals surface area contributed by atoms with E-state index in [0.717, 1.165) is 12.1 Å². The summed E-state index contributed by atoms with van der Waals surface area (Å²) in [6.07, 6.45) is -4.55. The molecule has 11 heteroatoms. The number of nitrogens with one attached hydrogen (secondary N) is 3. The number of halogens is 3. The van der Waals surface area contributed by atoms with Crippen molar-refractivity contribution in [3.63, 3.8) is 0 Å². The van der Waals surface area contributed by atoms with Crippen LogP contribution in [0.25, 0.3) is 0 Å². The minimum Gasteiger partial charge on any atom is -0.369 e. The first kappa shape index (κ1) is 17.5. The van der Waals surface area contributed by atoms with Crippen molar-refractivity contribution >= 4 is 21.7 Å². The average molecular weight is 327 g/mol. The van der Waals surface area contributed by atoms with E-state index in [-0.39, 0.29) is 30.5 Å². The Morgan fingerprint density at radius 1 is 1.29 bits per heavy atom. The molecule has 21 heavy (non-hydrogen) atoms. The van der Waals surface area contributed by atoms with Crippen molar-refractivity contribution in [2.24, 2.45) is 5.84 Å². The topological polar surface area (TPSA) is 109 Å². The highest BCUT2D eigenvalue weighted by Gasteiger charge is 2.31. The van der Waals surface area contributed by atoms with Gasteiger partial charge in [-0.15, -0.1) is 0 Å². The molecule has 0 spiro atoms. The van der Waals surface area contributed by atoms with E-state index >= 15 is 0 Å². The van der Waals surface area contributed by atoms with Gasteiger partial charge in [-0.1, -0.05) is 6.92 Å². The first-order chi connectivity index (χ1) is 9.68. The normalized spacial score (nSPS) is 12.2. The summed E-state index contributed by atoms with van der Waals surface area (Å²) < 4.78 is 63.0. The second-order valence-electron chi connectivity index (χ2n) is 4.01. The molecular weight excluding hydrogens is 311 g/mol. The Balaban J connectivity index is 2.80. The molecule has 120 valence electrons. The number of hydrogen-bond acceptors (Lipinski definition) is 6. The quantitative estimate of drug-likeness (QED) is 0.434. The number of nitrogen functional groups attached to an aromatic ring is 1. The zero-order valence-electron chi connectivity index (χ0n) is 11.2. The summed E-state index contributed by atoms with van der Waals surface area (Å²) in [6, 6.07) is 1.53. The zero-order chi connectivity index (χ0) is 16.1. The SMILES string of the molecule is CCNS(=O)(=O)CCNc1cc(C(F)(F)F)cc(NN)n1. The van der Waals surface area contributed by atoms with Crippen molar-refractivity contribution in [1.29, 1.82) is 0 Å². The standard InChI is InChI=1S/C10H16F3N5O2S/c1-2-16-21(19,20)4-3-15-8-5-7(10(11,12)13)6-9(17-8)18-14/h5-6,16H,2-4,14H2,1H3,(H2,15,17,18). The third-order valence-corrected chi connectivity index (χ3v) is 3.81. The molecule has 0 bridgehead atoms. The Kier molecular flexibility index (Phi) is 5.75. The van der Waals surface area contributed by atoms with Gasteiger partial charge in [0.15, 0.2) is 0 Å². The molecule has 1 rings (SSSR count). The van der Waals surface area contributed by atoms with Gasteiger partial charge in [-0.3, -0.25) is 0 Å². The molecule has 0 aliphatic carbocycles. The maximum atomic E-state index is 12.7. The number of pyridine rings is 1. The van der Waals surface area contributed by atoms with Crippen LogP contribution in [0.5, 0.6) is 0 Å². The number of sulfonamides is 1. The molecule has 1 aromatic heterocycles. The lowest BCUT2D eigenvalue weighted by Gasteiger charge is -2.12. The summed E-state index contributed by atoms with van der Waals surface area (Å²) in [4.78, 5) is 3.77. The van der Waals surface area contributed by atoms with Gasteiger partial charge >= 0.3 is 6.18 Å². The summed E-state index contributed by atoms with van der Waals surface area (Å²) in [5.74, 6) is 4.47. The van der Waals surface area contributed by atoms with E-state index in [0.29, 0.717) is 0 Å². The van der Waals surface area contributed by atoms with Gasteiger partial charge in [-0.05, 0) is 12.1 Å². The van der Waals surface area contributed by atoms with Crippen molar-refractivity contribution in [3.05, 3.63) is 17.7 Å². The molecule has 1 heterocycles. The molecule has 7 nitrogen and oxygen atoms in total. The molecule has 0 radical (unpaired) electrons. The van der Waals surface area contributed by atoms with Gasteiger partial charge in [0.2, 0.25) is 10.0 Å². The van der Waals surface area contributed by atoms with Crippen molar-refractivity contribution in [2.45, 2.75) is 13.1 Å². The third kappa shape index (κ3) is 5.73. The lowest BCUT2D eigenvalue weighted by molar-refractivity contribution is -0.137. The number of nitrogens with two attached hydrogens (primary N) is 1. The van der Waals surface area contributed by atoms with E-state index in [4.69, 9.17) is 5.84 Å². The van der Waals surface area contributed by atoms with Gasteiger partial charge in [0.1, 0.15) is 11.6 Å². The Morgan fingerprint density at radius 2 is 1.90 bits per heavy atom. The lowest BCUT2D eigenvalue weighted by Crippen LogP contribution is -2.29. The van der Waals surface area contributed by atoms with Crippen molar-refractivity contribution in [1.82, 2.24) is 9.71 Å². The molecule has 1 aromatic rings. The monoisotopic (exact) mass is 327 g/mol. The molecule has 0 saturated heterocycles. The van der Waals surface area contributed by atoms with Gasteiger partial charge < -0.3 is 10.7 Å². The van der Waals surface area contributed by atoms with Gasteiger partial charge in [-0.25, -0.2) is 24.0 Å². The van der Waals surface area contributed by atoms with Gasteiger partial charge in [-0.2, -0.15) is 13.2 Å². The van der Waals surface area contributed by atoms with Crippen LogP contribution in [0.2, 0.25) is 0 Å². The second kappa shape index (κ2) is 6.91. The minimum absolute atomic E-state index is 0.0896. The number of nitrogens with zero attached hydrogens (tertiary/aromatic N) is 1. The largest absolute Gasteiger partial charge is 0.416 e. The van der Waals surface area contributed by atoms with Crippen LogP contribution in [-0.4, -0.2) is 32.2 Å². The number of alkyl halides is 3. The Hall–Kier alpha value is -1.59. The Bertz CT molecular complexity index is 577. The van der Waals surface area contributed by atoms with Gasteiger partial charge in [0, 0.05) is 13.1 Å². The summed E-state index contributed by atoms with van der Waals surface area (Å²) in [5.41, 5.74) is 1.08. The predicted octanol–water partition coefficient (Wildman–Crippen LogP) is 0.737. The van der Waals surface area contributed by atoms with Crippen LogP contribution in [0.3, 0.4) is 0 Å². The van der Waals surface area contributed by atoms with Crippen LogP contribution in [0.4, 0.5) is 24.8 Å². The molecule has 0 saturated carbocycles. The maximum absolute atomic E-state index is 12.7. The van der Waals surface area contributed by atoms with E-state index in [1.54, 1.807) is 6.92 Å². The van der Waals surface area contributed by atoms with Crippen LogP contribution in [0.1, 0.15) is 12.5 Å². The molecule has 0 aliphatic heterocycles. The van der Waals surface area contributed by atoms with Crippen molar-refractivity contribution < 1.29 is 21.6 Å². The molecule has 5 N–H and O–H groups in total.